The summed E-state index contributed by atoms with van der Waals surface area (Å²) >= 11 is 0. The first-order valence-corrected chi connectivity index (χ1v) is 10.1. The zero-order valence-corrected chi connectivity index (χ0v) is 17.1. The Morgan fingerprint density at radius 1 is 1.00 bits per heavy atom. The molecule has 0 N–H and O–H groups in total. The van der Waals surface area contributed by atoms with E-state index in [2.05, 4.69) is 42.5 Å². The molecule has 4 heteroatoms. The summed E-state index contributed by atoms with van der Waals surface area (Å²) in [5.74, 6) is 2.50. The quantitative estimate of drug-likeness (QED) is 0.727. The molecular weight excluding hydrogens is 362 g/mol. The molecule has 0 fully saturated rings. The Bertz CT molecular complexity index is 1060. The molecule has 148 valence electrons. The van der Waals surface area contributed by atoms with E-state index < -0.39 is 0 Å². The maximum atomic E-state index is 5.86. The summed E-state index contributed by atoms with van der Waals surface area (Å²) in [5, 5.41) is 0. The van der Waals surface area contributed by atoms with Crippen LogP contribution < -0.4 is 14.2 Å². The molecule has 2 aliphatic carbocycles. The van der Waals surface area contributed by atoms with E-state index in [9.17, 15) is 0 Å². The number of aryl methyl sites for hydroxylation is 1. The van der Waals surface area contributed by atoms with E-state index in [0.29, 0.717) is 11.7 Å². The van der Waals surface area contributed by atoms with Gasteiger partial charge in [0.2, 0.25) is 5.75 Å². The van der Waals surface area contributed by atoms with Crippen molar-refractivity contribution >= 4 is 11.8 Å². The van der Waals surface area contributed by atoms with E-state index >= 15 is 0 Å². The van der Waals surface area contributed by atoms with Crippen LogP contribution in [-0.4, -0.2) is 27.5 Å². The molecule has 0 aromatic heterocycles. The molecule has 2 aromatic rings. The van der Waals surface area contributed by atoms with Crippen molar-refractivity contribution in [3.63, 3.8) is 0 Å². The van der Waals surface area contributed by atoms with Gasteiger partial charge in [0.05, 0.1) is 27.4 Å². The van der Waals surface area contributed by atoms with Gasteiger partial charge in [-0.1, -0.05) is 42.0 Å². The van der Waals surface area contributed by atoms with Gasteiger partial charge in [0, 0.05) is 17.7 Å². The molecule has 0 radical (unpaired) electrons. The Morgan fingerprint density at radius 3 is 2.62 bits per heavy atom. The smallest absolute Gasteiger partial charge is 0.203 e. The lowest BCUT2D eigenvalue weighted by atomic mass is 9.82. The van der Waals surface area contributed by atoms with Crippen LogP contribution in [0.25, 0.3) is 5.57 Å². The van der Waals surface area contributed by atoms with E-state index in [0.717, 1.165) is 36.3 Å². The number of hydrogen-bond acceptors (Lipinski definition) is 4. The fourth-order valence-electron chi connectivity index (χ4n) is 5.11. The van der Waals surface area contributed by atoms with Crippen molar-refractivity contribution in [3.05, 3.63) is 70.3 Å². The van der Waals surface area contributed by atoms with E-state index in [4.69, 9.17) is 19.2 Å². The highest BCUT2D eigenvalue weighted by molar-refractivity contribution is 5.89. The normalized spacial score (nSPS) is 21.5. The van der Waals surface area contributed by atoms with Crippen molar-refractivity contribution in [2.24, 2.45) is 10.9 Å². The highest BCUT2D eigenvalue weighted by atomic mass is 16.5. The molecule has 1 aliphatic heterocycles. The standard InChI is InChI=1S/C25H25NO3/c1-27-21-13-15-11-12-20(23-17-8-5-4-7-16(17)14-26-23)18-9-6-10-19(18)22(15)25(29-3)24(21)28-2/h4-8,10,13-14,20,23H,9,11-12H2,1-3H3. The van der Waals surface area contributed by atoms with Crippen molar-refractivity contribution in [2.75, 3.05) is 21.3 Å². The van der Waals surface area contributed by atoms with Crippen molar-refractivity contribution < 1.29 is 14.2 Å². The maximum Gasteiger partial charge on any atom is 0.203 e. The zero-order valence-electron chi connectivity index (χ0n) is 17.1. The van der Waals surface area contributed by atoms with Gasteiger partial charge in [-0.25, -0.2) is 0 Å². The number of hydrogen-bond donors (Lipinski definition) is 0. The van der Waals surface area contributed by atoms with Gasteiger partial charge < -0.3 is 14.2 Å². The first kappa shape index (κ1) is 18.0. The third kappa shape index (κ3) is 2.70. The van der Waals surface area contributed by atoms with Crippen LogP contribution in [0.2, 0.25) is 0 Å². The summed E-state index contributed by atoms with van der Waals surface area (Å²) in [4.78, 5) is 4.93. The van der Waals surface area contributed by atoms with E-state index in [1.165, 1.54) is 27.8 Å². The van der Waals surface area contributed by atoms with Crippen molar-refractivity contribution in [3.8, 4) is 17.2 Å². The largest absolute Gasteiger partial charge is 0.493 e. The second kappa shape index (κ2) is 7.11. The number of nitrogens with zero attached hydrogens (tertiary/aromatic N) is 1. The first-order valence-electron chi connectivity index (χ1n) is 10.1. The number of benzene rings is 2. The molecule has 0 amide bonds. The molecule has 0 saturated carbocycles. The minimum absolute atomic E-state index is 0.181. The van der Waals surface area contributed by atoms with Crippen LogP contribution >= 0.6 is 0 Å². The van der Waals surface area contributed by atoms with Gasteiger partial charge in [-0.15, -0.1) is 0 Å². The predicted molar refractivity (Wildman–Crippen MR) is 115 cm³/mol. The van der Waals surface area contributed by atoms with Crippen LogP contribution in [-0.2, 0) is 6.42 Å². The molecule has 2 unspecified atom stereocenters. The lowest BCUT2D eigenvalue weighted by molar-refractivity contribution is 0.323. The van der Waals surface area contributed by atoms with Crippen LogP contribution in [0.4, 0.5) is 0 Å². The molecular formula is C25H25NO3. The summed E-state index contributed by atoms with van der Waals surface area (Å²) in [6, 6.07) is 10.9. The number of ether oxygens (including phenoxy) is 3. The highest BCUT2D eigenvalue weighted by Crippen LogP contribution is 2.52. The van der Waals surface area contributed by atoms with Gasteiger partial charge in [-0.3, -0.25) is 4.99 Å². The third-order valence-corrected chi connectivity index (χ3v) is 6.39. The van der Waals surface area contributed by atoms with Crippen molar-refractivity contribution in [2.45, 2.75) is 25.3 Å². The summed E-state index contributed by atoms with van der Waals surface area (Å²) in [7, 11) is 5.04. The Balaban J connectivity index is 1.67. The number of allylic oxidation sites excluding steroid dienone is 3. The summed E-state index contributed by atoms with van der Waals surface area (Å²) in [6.07, 6.45) is 9.49. The van der Waals surface area contributed by atoms with Gasteiger partial charge in [-0.2, -0.15) is 0 Å². The molecule has 2 atom stereocenters. The number of aliphatic imine (C=N–C) groups is 1. The predicted octanol–water partition coefficient (Wildman–Crippen LogP) is 5.16. The van der Waals surface area contributed by atoms with Gasteiger partial charge in [0.15, 0.2) is 11.5 Å². The Morgan fingerprint density at radius 2 is 1.83 bits per heavy atom. The molecule has 0 bridgehead atoms. The minimum Gasteiger partial charge on any atom is -0.493 e. The molecule has 0 spiro atoms. The topological polar surface area (TPSA) is 40.0 Å². The summed E-state index contributed by atoms with van der Waals surface area (Å²) in [6.45, 7) is 0. The first-order chi connectivity index (χ1) is 14.3. The molecule has 2 aromatic carbocycles. The average Bonchev–Trinajstić information content (AvgIpc) is 3.37. The zero-order chi connectivity index (χ0) is 20.0. The lowest BCUT2D eigenvalue weighted by Gasteiger charge is -2.24. The fourth-order valence-corrected chi connectivity index (χ4v) is 5.11. The molecule has 4 nitrogen and oxygen atoms in total. The highest BCUT2D eigenvalue weighted by Gasteiger charge is 2.36. The Kier molecular flexibility index (Phi) is 4.42. The fraction of sp³-hybridized carbons (Fsp3) is 0.320. The van der Waals surface area contributed by atoms with Crippen LogP contribution in [0, 0.1) is 5.92 Å². The SMILES string of the molecule is COc1cc2c(c(OC)c1OC)C1=C(CC=C1)C(C1N=Cc3ccccc31)CC2. The molecule has 29 heavy (non-hydrogen) atoms. The molecule has 0 saturated heterocycles. The molecule has 3 aliphatic rings. The van der Waals surface area contributed by atoms with Gasteiger partial charge >= 0.3 is 0 Å². The molecule has 5 rings (SSSR count). The lowest BCUT2D eigenvalue weighted by Crippen LogP contribution is -2.13. The summed E-state index contributed by atoms with van der Waals surface area (Å²) < 4.78 is 17.1. The molecule has 1 heterocycles. The van der Waals surface area contributed by atoms with Gasteiger partial charge in [0.25, 0.3) is 0 Å². The number of rotatable bonds is 4. The van der Waals surface area contributed by atoms with Crippen LogP contribution in [0.5, 0.6) is 17.2 Å². The van der Waals surface area contributed by atoms with Crippen LogP contribution in [0.1, 0.15) is 41.1 Å². The van der Waals surface area contributed by atoms with Crippen LogP contribution in [0.15, 0.2) is 53.0 Å². The van der Waals surface area contributed by atoms with Crippen LogP contribution in [0.3, 0.4) is 0 Å². The third-order valence-electron chi connectivity index (χ3n) is 6.39. The van der Waals surface area contributed by atoms with Gasteiger partial charge in [0.1, 0.15) is 0 Å². The van der Waals surface area contributed by atoms with Crippen molar-refractivity contribution in [1.82, 2.24) is 0 Å². The number of fused-ring (bicyclic) bond motifs is 3. The Labute approximate surface area is 171 Å². The van der Waals surface area contributed by atoms with E-state index in [1.807, 2.05) is 6.21 Å². The van der Waals surface area contributed by atoms with E-state index in [1.54, 1.807) is 21.3 Å². The average molecular weight is 387 g/mol. The monoisotopic (exact) mass is 387 g/mol. The number of methoxy groups -OCH3 is 3. The second-order valence-electron chi connectivity index (χ2n) is 7.72. The summed E-state index contributed by atoms with van der Waals surface area (Å²) in [5.41, 5.74) is 7.69. The maximum absolute atomic E-state index is 5.86. The second-order valence-corrected chi connectivity index (χ2v) is 7.72. The van der Waals surface area contributed by atoms with E-state index in [-0.39, 0.29) is 6.04 Å². The minimum atomic E-state index is 0.181. The van der Waals surface area contributed by atoms with Gasteiger partial charge in [-0.05, 0) is 47.6 Å². The Hall–Kier alpha value is -3.01. The van der Waals surface area contributed by atoms with Crippen molar-refractivity contribution in [1.29, 1.82) is 0 Å².